The van der Waals surface area contributed by atoms with Crippen LogP contribution in [0.4, 0.5) is 0 Å². The van der Waals surface area contributed by atoms with Crippen molar-refractivity contribution in [3.63, 3.8) is 0 Å². The zero-order chi connectivity index (χ0) is 25.7. The van der Waals surface area contributed by atoms with E-state index in [1.54, 1.807) is 12.1 Å². The Kier molecular flexibility index (Phi) is 5.50. The molecule has 0 bridgehead atoms. The fourth-order valence-electron chi connectivity index (χ4n) is 5.52. The second-order valence-electron chi connectivity index (χ2n) is 9.62. The highest BCUT2D eigenvalue weighted by Gasteiger charge is 2.39. The maximum atomic E-state index is 14.4. The summed E-state index contributed by atoms with van der Waals surface area (Å²) in [5.41, 5.74) is 9.93. The van der Waals surface area contributed by atoms with Crippen LogP contribution in [-0.2, 0) is 10.0 Å². The Balaban J connectivity index is 1.67. The van der Waals surface area contributed by atoms with Gasteiger partial charge in [0.2, 0.25) is 0 Å². The minimum absolute atomic E-state index is 0.259. The van der Waals surface area contributed by atoms with Crippen molar-refractivity contribution in [1.29, 1.82) is 0 Å². The fourth-order valence-corrected chi connectivity index (χ4v) is 7.01. The second kappa shape index (κ2) is 8.75. The van der Waals surface area contributed by atoms with Crippen LogP contribution in [0.15, 0.2) is 121 Å². The van der Waals surface area contributed by atoms with Crippen LogP contribution >= 0.6 is 0 Å². The summed E-state index contributed by atoms with van der Waals surface area (Å²) in [5.74, 6) is 0. The smallest absolute Gasteiger partial charge is 0.261 e. The molecule has 4 aromatic carbocycles. The van der Waals surface area contributed by atoms with Gasteiger partial charge in [-0.05, 0) is 70.5 Å². The topological polar surface area (TPSA) is 37.4 Å². The van der Waals surface area contributed by atoms with Crippen LogP contribution in [0.3, 0.4) is 0 Å². The summed E-state index contributed by atoms with van der Waals surface area (Å²) in [6.07, 6.45) is 1.84. The van der Waals surface area contributed by atoms with Gasteiger partial charge in [-0.15, -0.1) is 0 Å². The molecule has 0 saturated carbocycles. The van der Waals surface area contributed by atoms with Gasteiger partial charge in [-0.25, -0.2) is 8.42 Å². The molecule has 1 aliphatic heterocycles. The van der Waals surface area contributed by atoms with E-state index in [0.29, 0.717) is 0 Å². The molecule has 4 heteroatoms. The minimum atomic E-state index is -3.92. The highest BCUT2D eigenvalue weighted by atomic mass is 32.2. The van der Waals surface area contributed by atoms with E-state index in [4.69, 9.17) is 0 Å². The summed E-state index contributed by atoms with van der Waals surface area (Å²) in [6.45, 7) is 8.58. The van der Waals surface area contributed by atoms with Gasteiger partial charge in [-0.1, -0.05) is 103 Å². The van der Waals surface area contributed by atoms with Crippen LogP contribution < -0.4 is 0 Å². The first kappa shape index (κ1) is 23.3. The maximum absolute atomic E-state index is 14.4. The van der Waals surface area contributed by atoms with Crippen molar-refractivity contribution in [2.45, 2.75) is 24.8 Å². The quantitative estimate of drug-likeness (QED) is 0.287. The lowest BCUT2D eigenvalue weighted by atomic mass is 9.89. The summed E-state index contributed by atoms with van der Waals surface area (Å²) < 4.78 is 30.2. The first-order valence-electron chi connectivity index (χ1n) is 12.3. The van der Waals surface area contributed by atoms with E-state index in [2.05, 4.69) is 37.8 Å². The summed E-state index contributed by atoms with van der Waals surface area (Å²) in [4.78, 5) is 0.259. The predicted molar refractivity (Wildman–Crippen MR) is 152 cm³/mol. The van der Waals surface area contributed by atoms with Crippen molar-refractivity contribution in [2.75, 3.05) is 0 Å². The van der Waals surface area contributed by atoms with E-state index >= 15 is 0 Å². The molecule has 1 aliphatic carbocycles. The SMILES string of the molecule is C=C1c2cccc3c2C(=CN(S(=O)(=O)c2ccc(C)cc2)C1c1ccccc1)C(c1ccccc1)=C3C. The molecule has 0 aromatic heterocycles. The third-order valence-corrected chi connectivity index (χ3v) is 9.08. The molecule has 6 rings (SSSR count). The van der Waals surface area contributed by atoms with Crippen molar-refractivity contribution < 1.29 is 8.42 Å². The van der Waals surface area contributed by atoms with Crippen LogP contribution in [0, 0.1) is 6.92 Å². The zero-order valence-electron chi connectivity index (χ0n) is 20.8. The third kappa shape index (κ3) is 3.68. The molecule has 1 unspecified atom stereocenters. The van der Waals surface area contributed by atoms with Crippen LogP contribution in [0.2, 0.25) is 0 Å². The molecular weight excluding hydrogens is 474 g/mol. The van der Waals surface area contributed by atoms with E-state index in [-0.39, 0.29) is 4.90 Å². The normalized spacial score (nSPS) is 16.9. The van der Waals surface area contributed by atoms with Crippen LogP contribution in [0.1, 0.15) is 46.3 Å². The monoisotopic (exact) mass is 501 g/mol. The van der Waals surface area contributed by atoms with Crippen molar-refractivity contribution in [3.05, 3.63) is 149 Å². The van der Waals surface area contributed by atoms with Gasteiger partial charge >= 0.3 is 0 Å². The number of allylic oxidation sites excluding steroid dienone is 3. The molecule has 0 spiro atoms. The zero-order valence-corrected chi connectivity index (χ0v) is 21.7. The molecule has 0 radical (unpaired) electrons. The maximum Gasteiger partial charge on any atom is 0.264 e. The minimum Gasteiger partial charge on any atom is -0.261 e. The average molecular weight is 502 g/mol. The van der Waals surface area contributed by atoms with E-state index < -0.39 is 16.1 Å². The van der Waals surface area contributed by atoms with Crippen LogP contribution in [0.5, 0.6) is 0 Å². The molecule has 0 saturated heterocycles. The molecule has 3 nitrogen and oxygen atoms in total. The lowest BCUT2D eigenvalue weighted by Crippen LogP contribution is -2.31. The Labute approximate surface area is 218 Å². The van der Waals surface area contributed by atoms with Gasteiger partial charge < -0.3 is 0 Å². The van der Waals surface area contributed by atoms with E-state index in [1.807, 2.05) is 79.9 Å². The molecule has 2 aliphatic rings. The molecule has 182 valence electrons. The van der Waals surface area contributed by atoms with Crippen molar-refractivity contribution in [1.82, 2.24) is 4.31 Å². The van der Waals surface area contributed by atoms with Crippen molar-refractivity contribution in [3.8, 4) is 0 Å². The van der Waals surface area contributed by atoms with E-state index in [0.717, 1.165) is 55.7 Å². The number of hydrogen-bond acceptors (Lipinski definition) is 2. The molecule has 0 N–H and O–H groups in total. The molecule has 1 heterocycles. The Bertz CT molecular complexity index is 1700. The number of hydrogen-bond donors (Lipinski definition) is 0. The Morgan fingerprint density at radius 2 is 1.35 bits per heavy atom. The number of rotatable bonds is 4. The third-order valence-electron chi connectivity index (χ3n) is 7.34. The highest BCUT2D eigenvalue weighted by Crippen LogP contribution is 2.53. The number of benzene rings is 4. The van der Waals surface area contributed by atoms with E-state index in [1.165, 1.54) is 4.31 Å². The Hall–Kier alpha value is -4.15. The summed E-state index contributed by atoms with van der Waals surface area (Å²) in [6, 6.07) is 32.7. The van der Waals surface area contributed by atoms with Crippen LogP contribution in [-0.4, -0.2) is 12.7 Å². The highest BCUT2D eigenvalue weighted by molar-refractivity contribution is 7.89. The predicted octanol–water partition coefficient (Wildman–Crippen LogP) is 7.74. The molecule has 0 amide bonds. The van der Waals surface area contributed by atoms with Crippen molar-refractivity contribution in [2.24, 2.45) is 0 Å². The summed E-state index contributed by atoms with van der Waals surface area (Å²) in [7, 11) is -3.92. The first-order chi connectivity index (χ1) is 17.9. The number of nitrogens with zero attached hydrogens (tertiary/aromatic N) is 1. The lowest BCUT2D eigenvalue weighted by Gasteiger charge is -2.31. The van der Waals surface area contributed by atoms with Gasteiger partial charge in [0, 0.05) is 11.8 Å². The number of sulfonamides is 1. The van der Waals surface area contributed by atoms with Crippen molar-refractivity contribution >= 4 is 32.3 Å². The van der Waals surface area contributed by atoms with Gasteiger partial charge in [0.1, 0.15) is 0 Å². The second-order valence-corrected chi connectivity index (χ2v) is 11.5. The summed E-state index contributed by atoms with van der Waals surface area (Å²) in [5, 5.41) is 0. The van der Waals surface area contributed by atoms with Gasteiger partial charge in [-0.2, -0.15) is 0 Å². The molecule has 4 aromatic rings. The van der Waals surface area contributed by atoms with E-state index in [9.17, 15) is 8.42 Å². The van der Waals surface area contributed by atoms with Gasteiger partial charge in [-0.3, -0.25) is 4.31 Å². The average Bonchev–Trinajstić information content (AvgIpc) is 3.12. The first-order valence-corrected chi connectivity index (χ1v) is 13.8. The Morgan fingerprint density at radius 1 is 0.730 bits per heavy atom. The molecule has 37 heavy (non-hydrogen) atoms. The molecule has 1 atom stereocenters. The van der Waals surface area contributed by atoms with Gasteiger partial charge in [0.25, 0.3) is 10.0 Å². The number of aryl methyl sites for hydroxylation is 1. The largest absolute Gasteiger partial charge is 0.264 e. The molecule has 0 fully saturated rings. The fraction of sp³-hybridized carbons (Fsp3) is 0.0909. The lowest BCUT2D eigenvalue weighted by molar-refractivity contribution is 0.468. The standard InChI is InChI=1S/C33H27NO2S/c1-22-17-19-27(20-18-22)37(35,36)34-21-30-31(25-11-6-4-7-12-25)23(2)28-15-10-16-29(32(28)30)24(3)33(34)26-13-8-5-9-14-26/h4-21,33H,3H2,1-2H3. The molecular formula is C33H27NO2S. The Morgan fingerprint density at radius 3 is 2.03 bits per heavy atom. The van der Waals surface area contributed by atoms with Crippen LogP contribution in [0.25, 0.3) is 22.3 Å². The summed E-state index contributed by atoms with van der Waals surface area (Å²) >= 11 is 0. The van der Waals surface area contributed by atoms with Gasteiger partial charge in [0.15, 0.2) is 0 Å². The van der Waals surface area contributed by atoms with Gasteiger partial charge in [0.05, 0.1) is 10.9 Å².